The lowest BCUT2D eigenvalue weighted by molar-refractivity contribution is 0.161. The number of aromatic nitrogens is 2. The maximum atomic E-state index is 12.9. The molecule has 0 radical (unpaired) electrons. The molecule has 5 heteroatoms. The second-order valence-electron chi connectivity index (χ2n) is 6.92. The van der Waals surface area contributed by atoms with Crippen LogP contribution >= 0.6 is 0 Å². The van der Waals surface area contributed by atoms with Crippen molar-refractivity contribution in [1.29, 1.82) is 0 Å². The number of hydrogen-bond donors (Lipinski definition) is 2. The first-order chi connectivity index (χ1) is 11.7. The third-order valence-corrected chi connectivity index (χ3v) is 5.21. The third-order valence-electron chi connectivity index (χ3n) is 5.21. The van der Waals surface area contributed by atoms with Gasteiger partial charge in [0, 0.05) is 23.8 Å². The maximum Gasteiger partial charge on any atom is 0.318 e. The molecule has 5 nitrogen and oxygen atoms in total. The lowest BCUT2D eigenvalue weighted by Gasteiger charge is -2.36. The number of carbonyl (C=O) groups excluding carboxylic acids is 1. The van der Waals surface area contributed by atoms with Gasteiger partial charge in [0.05, 0.1) is 12.2 Å². The summed E-state index contributed by atoms with van der Waals surface area (Å²) in [6, 6.07) is 9.26. The van der Waals surface area contributed by atoms with Gasteiger partial charge in [-0.05, 0) is 50.2 Å². The highest BCUT2D eigenvalue weighted by molar-refractivity contribution is 5.75. The zero-order chi connectivity index (χ0) is 16.5. The second-order valence-corrected chi connectivity index (χ2v) is 6.92. The number of rotatable bonds is 4. The van der Waals surface area contributed by atoms with Crippen molar-refractivity contribution in [1.82, 2.24) is 20.4 Å². The zero-order valence-corrected chi connectivity index (χ0v) is 14.1. The number of benzene rings is 1. The van der Waals surface area contributed by atoms with Crippen LogP contribution in [0, 0.1) is 6.92 Å². The summed E-state index contributed by atoms with van der Waals surface area (Å²) in [6.45, 7) is 2.50. The number of nitrogens with zero attached hydrogens (tertiary/aromatic N) is 2. The monoisotopic (exact) mass is 324 g/mol. The summed E-state index contributed by atoms with van der Waals surface area (Å²) in [5, 5.41) is 10.0. The highest BCUT2D eigenvalue weighted by atomic mass is 16.2. The summed E-state index contributed by atoms with van der Waals surface area (Å²) in [5.74, 6) is 0. The van der Waals surface area contributed by atoms with Gasteiger partial charge in [-0.3, -0.25) is 5.10 Å². The van der Waals surface area contributed by atoms with Gasteiger partial charge in [0.15, 0.2) is 0 Å². The van der Waals surface area contributed by atoms with Gasteiger partial charge >= 0.3 is 6.03 Å². The van der Waals surface area contributed by atoms with Gasteiger partial charge in [-0.2, -0.15) is 5.10 Å². The molecule has 2 amide bonds. The summed E-state index contributed by atoms with van der Waals surface area (Å²) in [4.78, 5) is 15.0. The Morgan fingerprint density at radius 2 is 2.17 bits per heavy atom. The second kappa shape index (κ2) is 6.30. The molecule has 2 aromatic rings. The Morgan fingerprint density at radius 3 is 2.92 bits per heavy atom. The molecule has 1 aromatic carbocycles. The minimum absolute atomic E-state index is 0.0554. The summed E-state index contributed by atoms with van der Waals surface area (Å²) in [7, 11) is 0. The summed E-state index contributed by atoms with van der Waals surface area (Å²) in [6.07, 6.45) is 7.37. The highest BCUT2D eigenvalue weighted by Crippen LogP contribution is 2.40. The SMILES string of the molecule is Cc1[nH]ncc1CNC(=O)N(C1CC1)C1CCCc2ccccc21. The maximum absolute atomic E-state index is 12.9. The van der Waals surface area contributed by atoms with Crippen molar-refractivity contribution in [2.75, 3.05) is 0 Å². The molecule has 4 rings (SSSR count). The van der Waals surface area contributed by atoms with Crippen LogP contribution in [0.3, 0.4) is 0 Å². The molecule has 1 heterocycles. The van der Waals surface area contributed by atoms with Gasteiger partial charge in [0.25, 0.3) is 0 Å². The standard InChI is InChI=1S/C19H24N4O/c1-13-15(12-21-22-13)11-20-19(24)23(16-9-10-16)18-8-4-6-14-5-2-3-7-17(14)18/h2-3,5,7,12,16,18H,4,6,8-11H2,1H3,(H,20,24)(H,21,22). The van der Waals surface area contributed by atoms with Gasteiger partial charge in [0.1, 0.15) is 0 Å². The topological polar surface area (TPSA) is 61.0 Å². The van der Waals surface area contributed by atoms with Crippen molar-refractivity contribution >= 4 is 6.03 Å². The van der Waals surface area contributed by atoms with Crippen LogP contribution in [-0.2, 0) is 13.0 Å². The van der Waals surface area contributed by atoms with Crippen LogP contribution in [0.5, 0.6) is 0 Å². The predicted molar refractivity (Wildman–Crippen MR) is 92.5 cm³/mol. The normalized spacial score (nSPS) is 19.6. The first-order valence-corrected chi connectivity index (χ1v) is 8.87. The van der Waals surface area contributed by atoms with Crippen LogP contribution in [0.15, 0.2) is 30.5 Å². The lowest BCUT2D eigenvalue weighted by atomic mass is 9.87. The first-order valence-electron chi connectivity index (χ1n) is 8.87. The number of carbonyl (C=O) groups is 1. The average Bonchev–Trinajstić information content (AvgIpc) is 3.35. The smallest absolute Gasteiger partial charge is 0.318 e. The van der Waals surface area contributed by atoms with Crippen LogP contribution in [0.1, 0.15) is 54.1 Å². The Labute approximate surface area is 142 Å². The molecule has 2 aliphatic rings. The van der Waals surface area contributed by atoms with Gasteiger partial charge in [0.2, 0.25) is 0 Å². The molecule has 0 aliphatic heterocycles. The van der Waals surface area contributed by atoms with Gasteiger partial charge < -0.3 is 10.2 Å². The molecular formula is C19H24N4O. The lowest BCUT2D eigenvalue weighted by Crippen LogP contribution is -2.44. The molecule has 1 atom stereocenters. The van der Waals surface area contributed by atoms with E-state index in [0.29, 0.717) is 12.6 Å². The summed E-state index contributed by atoms with van der Waals surface area (Å²) < 4.78 is 0. The number of aromatic amines is 1. The Balaban J connectivity index is 1.53. The fourth-order valence-corrected chi connectivity index (χ4v) is 3.75. The number of aryl methyl sites for hydroxylation is 2. The van der Waals surface area contributed by atoms with Crippen molar-refractivity contribution in [3.63, 3.8) is 0 Å². The predicted octanol–water partition coefficient (Wildman–Crippen LogP) is 3.47. The van der Waals surface area contributed by atoms with E-state index in [4.69, 9.17) is 0 Å². The average molecular weight is 324 g/mol. The molecule has 24 heavy (non-hydrogen) atoms. The van der Waals surface area contributed by atoms with Gasteiger partial charge in [-0.25, -0.2) is 4.79 Å². The molecule has 0 bridgehead atoms. The van der Waals surface area contributed by atoms with E-state index in [-0.39, 0.29) is 12.1 Å². The van der Waals surface area contributed by atoms with Crippen molar-refractivity contribution in [3.8, 4) is 0 Å². The molecule has 126 valence electrons. The number of H-pyrrole nitrogens is 1. The Kier molecular flexibility index (Phi) is 4.00. The van der Waals surface area contributed by atoms with Crippen molar-refractivity contribution in [2.24, 2.45) is 0 Å². The van der Waals surface area contributed by atoms with Crippen molar-refractivity contribution in [2.45, 2.75) is 57.7 Å². The zero-order valence-electron chi connectivity index (χ0n) is 14.1. The van der Waals surface area contributed by atoms with E-state index in [2.05, 4.69) is 44.7 Å². The van der Waals surface area contributed by atoms with Crippen LogP contribution in [0.25, 0.3) is 0 Å². The van der Waals surface area contributed by atoms with E-state index < -0.39 is 0 Å². The highest BCUT2D eigenvalue weighted by Gasteiger charge is 2.39. The van der Waals surface area contributed by atoms with Crippen molar-refractivity contribution in [3.05, 3.63) is 52.8 Å². The number of amides is 2. The largest absolute Gasteiger partial charge is 0.334 e. The minimum Gasteiger partial charge on any atom is -0.334 e. The van der Waals surface area contributed by atoms with Crippen LogP contribution in [0.4, 0.5) is 4.79 Å². The molecule has 1 aromatic heterocycles. The van der Waals surface area contributed by atoms with E-state index in [1.54, 1.807) is 6.20 Å². The van der Waals surface area contributed by atoms with Gasteiger partial charge in [-0.15, -0.1) is 0 Å². The van der Waals surface area contributed by atoms with E-state index in [9.17, 15) is 4.79 Å². The number of hydrogen-bond acceptors (Lipinski definition) is 2. The molecule has 0 saturated heterocycles. The van der Waals surface area contributed by atoms with E-state index in [1.165, 1.54) is 11.1 Å². The molecule has 0 spiro atoms. The van der Waals surface area contributed by atoms with Crippen LogP contribution < -0.4 is 5.32 Å². The Bertz CT molecular complexity index is 734. The molecule has 2 aliphatic carbocycles. The summed E-state index contributed by atoms with van der Waals surface area (Å²) >= 11 is 0. The molecule has 1 unspecified atom stereocenters. The van der Waals surface area contributed by atoms with E-state index in [1.807, 2.05) is 6.92 Å². The van der Waals surface area contributed by atoms with E-state index >= 15 is 0 Å². The molecule has 1 saturated carbocycles. The first kappa shape index (κ1) is 15.2. The minimum atomic E-state index is 0.0554. The molecular weight excluding hydrogens is 300 g/mol. The Morgan fingerprint density at radius 1 is 1.33 bits per heavy atom. The number of urea groups is 1. The number of nitrogens with one attached hydrogen (secondary N) is 2. The summed E-state index contributed by atoms with van der Waals surface area (Å²) in [5.41, 5.74) is 4.79. The Hall–Kier alpha value is -2.30. The fourth-order valence-electron chi connectivity index (χ4n) is 3.75. The van der Waals surface area contributed by atoms with Crippen LogP contribution in [-0.4, -0.2) is 27.2 Å². The van der Waals surface area contributed by atoms with Crippen LogP contribution in [0.2, 0.25) is 0 Å². The van der Waals surface area contributed by atoms with Gasteiger partial charge in [-0.1, -0.05) is 24.3 Å². The molecule has 2 N–H and O–H groups in total. The quantitative estimate of drug-likeness (QED) is 0.904. The third kappa shape index (κ3) is 2.90. The fraction of sp³-hybridized carbons (Fsp3) is 0.474. The van der Waals surface area contributed by atoms with E-state index in [0.717, 1.165) is 43.4 Å². The molecule has 1 fully saturated rings. The number of fused-ring (bicyclic) bond motifs is 1. The van der Waals surface area contributed by atoms with Crippen molar-refractivity contribution < 1.29 is 4.79 Å².